The second-order valence-electron chi connectivity index (χ2n) is 11.7. The molecule has 5 atom stereocenters. The lowest BCUT2D eigenvalue weighted by Crippen LogP contribution is -2.35. The van der Waals surface area contributed by atoms with Crippen molar-refractivity contribution >= 4 is 0 Å². The first kappa shape index (κ1) is 21.7. The van der Waals surface area contributed by atoms with Crippen LogP contribution in [0.15, 0.2) is 30.9 Å². The van der Waals surface area contributed by atoms with E-state index in [-0.39, 0.29) is 5.82 Å². The number of aryl methyl sites for hydroxylation is 1. The normalized spacial score (nSPS) is 38.2. The smallest absolute Gasteiger partial charge is 0.123 e. The van der Waals surface area contributed by atoms with Crippen LogP contribution in [0.5, 0.6) is 0 Å². The fourth-order valence-corrected chi connectivity index (χ4v) is 8.31. The average molecular weight is 423 g/mol. The summed E-state index contributed by atoms with van der Waals surface area (Å²) in [6.45, 7) is 3.92. The highest BCUT2D eigenvalue weighted by Crippen LogP contribution is 2.50. The number of halogens is 1. The number of rotatable bonds is 5. The Hall–Kier alpha value is -1.11. The van der Waals surface area contributed by atoms with Crippen molar-refractivity contribution in [3.8, 4) is 0 Å². The van der Waals surface area contributed by atoms with E-state index in [1.807, 2.05) is 0 Å². The van der Waals surface area contributed by atoms with Gasteiger partial charge in [0.05, 0.1) is 0 Å². The van der Waals surface area contributed by atoms with Crippen LogP contribution >= 0.6 is 0 Å². The number of benzene rings is 1. The highest BCUT2D eigenvalue weighted by atomic mass is 19.1. The summed E-state index contributed by atoms with van der Waals surface area (Å²) >= 11 is 0. The van der Waals surface area contributed by atoms with Gasteiger partial charge in [0.1, 0.15) is 5.82 Å². The molecule has 0 heterocycles. The second-order valence-corrected chi connectivity index (χ2v) is 11.7. The summed E-state index contributed by atoms with van der Waals surface area (Å²) in [6, 6.07) is 5.51. The van der Waals surface area contributed by atoms with Gasteiger partial charge >= 0.3 is 0 Å². The molecule has 0 spiro atoms. The monoisotopic (exact) mass is 422 g/mol. The lowest BCUT2D eigenvalue weighted by Gasteiger charge is -2.46. The Morgan fingerprint density at radius 1 is 0.742 bits per heavy atom. The van der Waals surface area contributed by atoms with Crippen molar-refractivity contribution in [2.45, 2.75) is 96.3 Å². The van der Waals surface area contributed by atoms with E-state index in [4.69, 9.17) is 0 Å². The van der Waals surface area contributed by atoms with Gasteiger partial charge in [0.2, 0.25) is 0 Å². The zero-order chi connectivity index (χ0) is 21.2. The van der Waals surface area contributed by atoms with Crippen molar-refractivity contribution in [2.24, 2.45) is 41.4 Å². The molecule has 0 saturated heterocycles. The number of hydrogen-bond acceptors (Lipinski definition) is 0. The molecule has 0 N–H and O–H groups in total. The van der Waals surface area contributed by atoms with Crippen molar-refractivity contribution in [1.82, 2.24) is 0 Å². The Balaban J connectivity index is 1.09. The van der Waals surface area contributed by atoms with Crippen LogP contribution in [0.4, 0.5) is 4.39 Å². The third-order valence-corrected chi connectivity index (χ3v) is 10.1. The van der Waals surface area contributed by atoms with E-state index in [1.54, 1.807) is 18.6 Å². The van der Waals surface area contributed by atoms with Gasteiger partial charge in [-0.3, -0.25) is 0 Å². The fourth-order valence-electron chi connectivity index (χ4n) is 8.31. The molecule has 5 unspecified atom stereocenters. The van der Waals surface area contributed by atoms with Gasteiger partial charge in [0.15, 0.2) is 0 Å². The maximum absolute atomic E-state index is 13.5. The van der Waals surface area contributed by atoms with Crippen LogP contribution in [0.2, 0.25) is 0 Å². The third kappa shape index (κ3) is 4.96. The average Bonchev–Trinajstić information content (AvgIpc) is 2.82. The molecular weight excluding hydrogens is 379 g/mol. The number of fused-ring (bicyclic) bond motifs is 2. The van der Waals surface area contributed by atoms with Gasteiger partial charge in [-0.05, 0) is 155 Å². The van der Waals surface area contributed by atoms with Crippen molar-refractivity contribution in [1.29, 1.82) is 0 Å². The van der Waals surface area contributed by atoms with Crippen LogP contribution in [-0.4, -0.2) is 0 Å². The zero-order valence-corrected chi connectivity index (χ0v) is 19.5. The van der Waals surface area contributed by atoms with Gasteiger partial charge in [-0.1, -0.05) is 18.6 Å². The van der Waals surface area contributed by atoms with Crippen LogP contribution < -0.4 is 0 Å². The van der Waals surface area contributed by atoms with Gasteiger partial charge < -0.3 is 0 Å². The highest BCUT2D eigenvalue weighted by Gasteiger charge is 2.39. The predicted molar refractivity (Wildman–Crippen MR) is 128 cm³/mol. The molecular formula is C30H43F. The maximum Gasteiger partial charge on any atom is 0.123 e. The maximum atomic E-state index is 13.5. The van der Waals surface area contributed by atoms with Crippen LogP contribution in [0.1, 0.15) is 94.6 Å². The summed E-state index contributed by atoms with van der Waals surface area (Å²) in [4.78, 5) is 0. The van der Waals surface area contributed by atoms with Crippen molar-refractivity contribution in [3.05, 3.63) is 47.8 Å². The van der Waals surface area contributed by atoms with Crippen LogP contribution in [-0.2, 0) is 12.8 Å². The largest absolute Gasteiger partial charge is 0.207 e. The Bertz CT molecular complexity index is 743. The summed E-state index contributed by atoms with van der Waals surface area (Å²) < 4.78 is 13.5. The molecule has 0 aromatic heterocycles. The SMILES string of the molecule is C=CCCC1CCC2CC(C3CCC(C4CCc5cc(F)ccc5C4)CC3)CCC2C1. The van der Waals surface area contributed by atoms with Crippen molar-refractivity contribution in [2.75, 3.05) is 0 Å². The van der Waals surface area contributed by atoms with Crippen LogP contribution in [0.3, 0.4) is 0 Å². The zero-order valence-electron chi connectivity index (χ0n) is 19.5. The summed E-state index contributed by atoms with van der Waals surface area (Å²) in [6.07, 6.45) is 23.3. The topological polar surface area (TPSA) is 0 Å². The second kappa shape index (κ2) is 9.80. The molecule has 1 aromatic carbocycles. The molecule has 0 aliphatic heterocycles. The van der Waals surface area contributed by atoms with E-state index >= 15 is 0 Å². The summed E-state index contributed by atoms with van der Waals surface area (Å²) in [5.41, 5.74) is 2.71. The van der Waals surface area contributed by atoms with Crippen LogP contribution in [0.25, 0.3) is 0 Å². The molecule has 1 heteroatoms. The predicted octanol–water partition coefficient (Wildman–Crippen LogP) is 8.54. The Labute approximate surface area is 190 Å². The molecule has 0 radical (unpaired) electrons. The minimum absolute atomic E-state index is 0.0577. The molecule has 170 valence electrons. The van der Waals surface area contributed by atoms with Crippen molar-refractivity contribution in [3.63, 3.8) is 0 Å². The Morgan fingerprint density at radius 3 is 2.16 bits per heavy atom. The molecule has 4 aliphatic rings. The first-order valence-electron chi connectivity index (χ1n) is 13.6. The van der Waals surface area contributed by atoms with Crippen LogP contribution in [0, 0.1) is 47.2 Å². The minimum Gasteiger partial charge on any atom is -0.207 e. The van der Waals surface area contributed by atoms with Gasteiger partial charge in [-0.15, -0.1) is 6.58 Å². The molecule has 5 rings (SSSR count). The standard InChI is InChI=1S/C30H43F/c1-2-3-4-21-5-6-27-18-25(12-11-24(27)17-21)22-7-9-23(10-8-22)26-13-14-29-20-30(31)16-15-28(29)19-26/h2,15-16,20-27H,1,3-14,17-19H2. The molecule has 0 bridgehead atoms. The molecule has 1 aromatic rings. The van der Waals surface area contributed by atoms with Gasteiger partial charge in [-0.25, -0.2) is 4.39 Å². The molecule has 0 nitrogen and oxygen atoms in total. The molecule has 3 fully saturated rings. The molecule has 31 heavy (non-hydrogen) atoms. The molecule has 3 saturated carbocycles. The third-order valence-electron chi connectivity index (χ3n) is 10.1. The number of hydrogen-bond donors (Lipinski definition) is 0. The van der Waals surface area contributed by atoms with Crippen molar-refractivity contribution < 1.29 is 4.39 Å². The van der Waals surface area contributed by atoms with E-state index in [0.717, 1.165) is 47.8 Å². The van der Waals surface area contributed by atoms with Gasteiger partial charge in [-0.2, -0.15) is 0 Å². The first-order valence-corrected chi connectivity index (χ1v) is 13.6. The Kier molecular flexibility index (Phi) is 6.87. The number of allylic oxidation sites excluding steroid dienone is 1. The lowest BCUT2D eigenvalue weighted by molar-refractivity contribution is 0.0533. The lowest BCUT2D eigenvalue weighted by atomic mass is 9.60. The highest BCUT2D eigenvalue weighted by molar-refractivity contribution is 5.30. The molecule has 4 aliphatic carbocycles. The Morgan fingerprint density at radius 2 is 1.39 bits per heavy atom. The van der Waals surface area contributed by atoms with E-state index in [1.165, 1.54) is 94.6 Å². The fraction of sp³-hybridized carbons (Fsp3) is 0.733. The van der Waals surface area contributed by atoms with Gasteiger partial charge in [0.25, 0.3) is 0 Å². The first-order chi connectivity index (χ1) is 15.2. The quantitative estimate of drug-likeness (QED) is 0.417. The van der Waals surface area contributed by atoms with Gasteiger partial charge in [0, 0.05) is 0 Å². The van der Waals surface area contributed by atoms with E-state index in [0.29, 0.717) is 0 Å². The van der Waals surface area contributed by atoms with E-state index in [2.05, 4.69) is 18.7 Å². The minimum atomic E-state index is -0.0577. The summed E-state index contributed by atoms with van der Waals surface area (Å²) in [7, 11) is 0. The molecule has 0 amide bonds. The van der Waals surface area contributed by atoms with E-state index in [9.17, 15) is 4.39 Å². The summed E-state index contributed by atoms with van der Waals surface area (Å²) in [5.74, 6) is 6.84. The summed E-state index contributed by atoms with van der Waals surface area (Å²) in [5, 5.41) is 0. The van der Waals surface area contributed by atoms with E-state index < -0.39 is 0 Å².